The molecule has 0 N–H and O–H groups in total. The Hall–Kier alpha value is -6.19. The molecular weight excluding hydrogens is 612 g/mol. The number of anilines is 3. The quantitative estimate of drug-likeness (QED) is 0.169. The van der Waals surface area contributed by atoms with E-state index in [1.54, 1.807) is 0 Å². The van der Waals surface area contributed by atoms with Crippen molar-refractivity contribution in [2.45, 2.75) is 19.3 Å². The first kappa shape index (κ1) is 28.8. The summed E-state index contributed by atoms with van der Waals surface area (Å²) in [5.74, 6) is -0.247. The molecule has 1 aliphatic carbocycles. The van der Waals surface area contributed by atoms with Crippen molar-refractivity contribution in [3.8, 4) is 27.9 Å². The number of hydrogen-bond acceptors (Lipinski definition) is 1. The Morgan fingerprint density at radius 1 is 0.480 bits per heavy atom. The molecule has 0 fully saturated rings. The molecular formula is C47H33FN2. The zero-order valence-corrected chi connectivity index (χ0v) is 27.9. The van der Waals surface area contributed by atoms with Crippen molar-refractivity contribution >= 4 is 49.6 Å². The standard InChI is InChI=1S/C47H33FN2/c1-47(2)41-13-7-6-12-39(41)40-26-25-38(29-42(40)47)49(37-23-19-34(48)20-24-37)36-21-17-30(18-22-36)33-27-32-16-15-31-9-8-14-43-45(31)46(32)44(28-33)50(43)35-10-4-3-5-11-35/h3-29H,1-2H3. The molecule has 0 bridgehead atoms. The van der Waals surface area contributed by atoms with Gasteiger partial charge in [0, 0.05) is 38.9 Å². The molecule has 10 rings (SSSR count). The number of benzene rings is 8. The van der Waals surface area contributed by atoms with Crippen LogP contribution in [-0.2, 0) is 5.41 Å². The minimum absolute atomic E-state index is 0.128. The highest BCUT2D eigenvalue weighted by atomic mass is 19.1. The number of halogens is 1. The molecule has 9 aromatic rings. The molecule has 1 aromatic heterocycles. The van der Waals surface area contributed by atoms with Gasteiger partial charge in [-0.3, -0.25) is 0 Å². The van der Waals surface area contributed by atoms with E-state index in [-0.39, 0.29) is 11.2 Å². The van der Waals surface area contributed by atoms with Crippen LogP contribution in [0, 0.1) is 5.82 Å². The third-order valence-corrected chi connectivity index (χ3v) is 10.8. The molecule has 238 valence electrons. The second-order valence-electron chi connectivity index (χ2n) is 14.0. The Kier molecular flexibility index (Phi) is 6.13. The van der Waals surface area contributed by atoms with E-state index < -0.39 is 0 Å². The van der Waals surface area contributed by atoms with Crippen molar-refractivity contribution in [2.75, 3.05) is 4.90 Å². The van der Waals surface area contributed by atoms with Crippen molar-refractivity contribution in [1.82, 2.24) is 4.57 Å². The van der Waals surface area contributed by atoms with Crippen LogP contribution in [0.4, 0.5) is 21.5 Å². The largest absolute Gasteiger partial charge is 0.310 e. The van der Waals surface area contributed by atoms with Crippen LogP contribution in [0.15, 0.2) is 164 Å². The summed E-state index contributed by atoms with van der Waals surface area (Å²) in [6, 6.07) is 57.4. The summed E-state index contributed by atoms with van der Waals surface area (Å²) in [5.41, 5.74) is 13.9. The van der Waals surface area contributed by atoms with Crippen LogP contribution in [0.3, 0.4) is 0 Å². The maximum Gasteiger partial charge on any atom is 0.123 e. The smallest absolute Gasteiger partial charge is 0.123 e. The lowest BCUT2D eigenvalue weighted by Crippen LogP contribution is -2.16. The fraction of sp³-hybridized carbons (Fsp3) is 0.0638. The predicted molar refractivity (Wildman–Crippen MR) is 207 cm³/mol. The maximum atomic E-state index is 14.2. The summed E-state index contributed by atoms with van der Waals surface area (Å²) in [4.78, 5) is 2.23. The summed E-state index contributed by atoms with van der Waals surface area (Å²) in [6.07, 6.45) is 0. The molecule has 1 heterocycles. The van der Waals surface area contributed by atoms with E-state index in [9.17, 15) is 4.39 Å². The highest BCUT2D eigenvalue weighted by molar-refractivity contribution is 6.25. The zero-order valence-electron chi connectivity index (χ0n) is 27.9. The van der Waals surface area contributed by atoms with Crippen molar-refractivity contribution < 1.29 is 4.39 Å². The van der Waals surface area contributed by atoms with Gasteiger partial charge in [-0.05, 0) is 123 Å². The Labute approximate surface area is 290 Å². The van der Waals surface area contributed by atoms with E-state index in [1.165, 1.54) is 67.0 Å². The Bertz CT molecular complexity index is 2720. The fourth-order valence-electron chi connectivity index (χ4n) is 8.39. The molecule has 3 heteroatoms. The van der Waals surface area contributed by atoms with E-state index >= 15 is 0 Å². The van der Waals surface area contributed by atoms with Gasteiger partial charge in [-0.1, -0.05) is 98.8 Å². The molecule has 0 saturated heterocycles. The summed E-state index contributed by atoms with van der Waals surface area (Å²) < 4.78 is 16.6. The molecule has 0 unspecified atom stereocenters. The van der Waals surface area contributed by atoms with Gasteiger partial charge >= 0.3 is 0 Å². The zero-order chi connectivity index (χ0) is 33.6. The Balaban J connectivity index is 1.11. The molecule has 1 aliphatic rings. The van der Waals surface area contributed by atoms with Gasteiger partial charge in [0.25, 0.3) is 0 Å². The molecule has 0 aliphatic heterocycles. The van der Waals surface area contributed by atoms with Crippen LogP contribution in [-0.4, -0.2) is 4.57 Å². The van der Waals surface area contributed by atoms with Crippen LogP contribution in [0.5, 0.6) is 0 Å². The number of hydrogen-bond donors (Lipinski definition) is 0. The predicted octanol–water partition coefficient (Wildman–Crippen LogP) is 13.0. The highest BCUT2D eigenvalue weighted by Crippen LogP contribution is 2.50. The lowest BCUT2D eigenvalue weighted by molar-refractivity contribution is 0.628. The summed E-state index contributed by atoms with van der Waals surface area (Å²) >= 11 is 0. The molecule has 8 aromatic carbocycles. The topological polar surface area (TPSA) is 8.17 Å². The fourth-order valence-corrected chi connectivity index (χ4v) is 8.39. The van der Waals surface area contributed by atoms with Crippen LogP contribution in [0.25, 0.3) is 60.5 Å². The van der Waals surface area contributed by atoms with Gasteiger partial charge < -0.3 is 9.47 Å². The first-order valence-electron chi connectivity index (χ1n) is 17.2. The van der Waals surface area contributed by atoms with E-state index in [0.29, 0.717) is 0 Å². The first-order chi connectivity index (χ1) is 24.5. The van der Waals surface area contributed by atoms with Gasteiger partial charge in [-0.25, -0.2) is 4.39 Å². The second kappa shape index (κ2) is 10.7. The normalized spacial score (nSPS) is 13.3. The lowest BCUT2D eigenvalue weighted by atomic mass is 9.82. The molecule has 0 atom stereocenters. The van der Waals surface area contributed by atoms with Crippen LogP contribution < -0.4 is 4.90 Å². The third-order valence-electron chi connectivity index (χ3n) is 10.8. The SMILES string of the molecule is CC1(C)c2ccccc2-c2ccc(N(c3ccc(F)cc3)c3ccc(-c4cc5ccc6cccc7c6c5c(c4)n7-c4ccccc4)cc3)cc21. The number of rotatable bonds is 5. The summed E-state index contributed by atoms with van der Waals surface area (Å²) in [7, 11) is 0. The molecule has 0 radical (unpaired) electrons. The van der Waals surface area contributed by atoms with E-state index in [0.717, 1.165) is 33.9 Å². The number of nitrogens with zero attached hydrogens (tertiary/aromatic N) is 2. The third kappa shape index (κ3) is 4.20. The minimum Gasteiger partial charge on any atom is -0.310 e. The average Bonchev–Trinajstić information content (AvgIpc) is 3.61. The first-order valence-corrected chi connectivity index (χ1v) is 17.2. The van der Waals surface area contributed by atoms with Crippen LogP contribution in [0.1, 0.15) is 25.0 Å². The monoisotopic (exact) mass is 644 g/mol. The van der Waals surface area contributed by atoms with Gasteiger partial charge in [0.15, 0.2) is 0 Å². The van der Waals surface area contributed by atoms with Crippen molar-refractivity contribution in [1.29, 1.82) is 0 Å². The van der Waals surface area contributed by atoms with Gasteiger partial charge in [0.2, 0.25) is 0 Å². The molecule has 50 heavy (non-hydrogen) atoms. The minimum atomic E-state index is -0.247. The van der Waals surface area contributed by atoms with Crippen LogP contribution in [0.2, 0.25) is 0 Å². The van der Waals surface area contributed by atoms with Crippen molar-refractivity contribution in [3.05, 3.63) is 181 Å². The van der Waals surface area contributed by atoms with Crippen molar-refractivity contribution in [3.63, 3.8) is 0 Å². The highest BCUT2D eigenvalue weighted by Gasteiger charge is 2.35. The molecule has 2 nitrogen and oxygen atoms in total. The number of para-hydroxylation sites is 1. The van der Waals surface area contributed by atoms with E-state index in [4.69, 9.17) is 0 Å². The van der Waals surface area contributed by atoms with Gasteiger partial charge in [-0.2, -0.15) is 0 Å². The van der Waals surface area contributed by atoms with Gasteiger partial charge in [0.05, 0.1) is 11.0 Å². The second-order valence-corrected chi connectivity index (χ2v) is 14.0. The number of aromatic nitrogens is 1. The maximum absolute atomic E-state index is 14.2. The lowest BCUT2D eigenvalue weighted by Gasteiger charge is -2.28. The van der Waals surface area contributed by atoms with E-state index in [1.807, 2.05) is 12.1 Å². The van der Waals surface area contributed by atoms with E-state index in [2.05, 4.69) is 163 Å². The Morgan fingerprint density at radius 2 is 1.14 bits per heavy atom. The van der Waals surface area contributed by atoms with Gasteiger partial charge in [0.1, 0.15) is 5.82 Å². The summed E-state index contributed by atoms with van der Waals surface area (Å²) in [6.45, 7) is 4.60. The number of fused-ring (bicyclic) bond motifs is 3. The van der Waals surface area contributed by atoms with Gasteiger partial charge in [-0.15, -0.1) is 0 Å². The summed E-state index contributed by atoms with van der Waals surface area (Å²) in [5, 5.41) is 5.09. The molecule has 0 saturated carbocycles. The average molecular weight is 645 g/mol. The Morgan fingerprint density at radius 3 is 1.94 bits per heavy atom. The van der Waals surface area contributed by atoms with Crippen LogP contribution >= 0.6 is 0 Å². The molecule has 0 spiro atoms. The van der Waals surface area contributed by atoms with Crippen molar-refractivity contribution in [2.24, 2.45) is 0 Å². The molecule has 0 amide bonds.